The molecule has 0 aromatic carbocycles. The SMILES string of the molecule is CC(C)(C)C1=C(C(C)(C)C)C1(P1C(=O)P(C2(C(C)(C)C)C(C(C)(C)C)=C2C(C)(C)C)C1=O)C(C)(C)C. The number of carbonyl (C=O) groups is 2. The summed E-state index contributed by atoms with van der Waals surface area (Å²) >= 11 is 0. The van der Waals surface area contributed by atoms with Gasteiger partial charge in [0.25, 0.3) is 0 Å². The van der Waals surface area contributed by atoms with Gasteiger partial charge in [0.1, 0.15) is 0 Å². The second-order valence-corrected chi connectivity index (χ2v) is 22.7. The zero-order chi connectivity index (χ0) is 28.6. The van der Waals surface area contributed by atoms with Crippen molar-refractivity contribution in [2.45, 2.75) is 135 Å². The minimum absolute atomic E-state index is 0.0657. The van der Waals surface area contributed by atoms with E-state index in [0.717, 1.165) is 0 Å². The molecule has 2 aliphatic carbocycles. The van der Waals surface area contributed by atoms with Gasteiger partial charge in [0, 0.05) is 0 Å². The Morgan fingerprint density at radius 3 is 0.667 bits per heavy atom. The van der Waals surface area contributed by atoms with Gasteiger partial charge in [-0.05, 0) is 54.8 Å². The van der Waals surface area contributed by atoms with Crippen molar-refractivity contribution < 1.29 is 9.59 Å². The minimum Gasteiger partial charge on any atom is -0.288 e. The summed E-state index contributed by atoms with van der Waals surface area (Å²) in [5.41, 5.74) is 4.93. The van der Waals surface area contributed by atoms with E-state index in [0.29, 0.717) is 10.5 Å². The maximum atomic E-state index is 14.7. The molecule has 0 aromatic rings. The zero-order valence-corrected chi connectivity index (χ0v) is 28.5. The molecule has 0 atom stereocenters. The van der Waals surface area contributed by atoms with Crippen LogP contribution in [-0.2, 0) is 0 Å². The molecule has 36 heavy (non-hydrogen) atoms. The summed E-state index contributed by atoms with van der Waals surface area (Å²) in [6.07, 6.45) is 0. The Balaban J connectivity index is 2.22. The highest BCUT2D eigenvalue weighted by Crippen LogP contribution is 2.96. The first kappa shape index (κ1) is 30.2. The summed E-state index contributed by atoms with van der Waals surface area (Å²) < 4.78 is 0. The number of carbonyl (C=O) groups excluding carboxylic acids is 2. The van der Waals surface area contributed by atoms with Crippen LogP contribution in [0.3, 0.4) is 0 Å². The normalized spacial score (nSPS) is 26.9. The Morgan fingerprint density at radius 1 is 0.389 bits per heavy atom. The van der Waals surface area contributed by atoms with Crippen LogP contribution in [0, 0.1) is 32.5 Å². The largest absolute Gasteiger partial charge is 0.288 e. The van der Waals surface area contributed by atoms with Gasteiger partial charge in [0.2, 0.25) is 0 Å². The third-order valence-electron chi connectivity index (χ3n) is 8.43. The Labute approximate surface area is 225 Å². The lowest BCUT2D eigenvalue weighted by Crippen LogP contribution is -2.47. The molecule has 0 saturated carbocycles. The Morgan fingerprint density at radius 2 is 0.556 bits per heavy atom. The van der Waals surface area contributed by atoms with Crippen LogP contribution in [0.1, 0.15) is 125 Å². The third kappa shape index (κ3) is 3.77. The van der Waals surface area contributed by atoms with Gasteiger partial charge in [-0.2, -0.15) is 0 Å². The molecular formula is C32H54O2P2. The molecule has 204 valence electrons. The van der Waals surface area contributed by atoms with Gasteiger partial charge in [-0.1, -0.05) is 125 Å². The summed E-state index contributed by atoms with van der Waals surface area (Å²) in [6.45, 7) is 40.8. The first-order valence-corrected chi connectivity index (χ1v) is 16.4. The predicted molar refractivity (Wildman–Crippen MR) is 161 cm³/mol. The second kappa shape index (κ2) is 7.66. The van der Waals surface area contributed by atoms with E-state index >= 15 is 0 Å². The predicted octanol–water partition coefficient (Wildman–Crippen LogP) is 11.6. The quantitative estimate of drug-likeness (QED) is 0.262. The van der Waals surface area contributed by atoms with Crippen molar-refractivity contribution >= 4 is 26.4 Å². The van der Waals surface area contributed by atoms with Crippen LogP contribution in [0.25, 0.3) is 0 Å². The molecule has 0 spiro atoms. The molecule has 0 unspecified atom stereocenters. The van der Waals surface area contributed by atoms with Gasteiger partial charge in [-0.25, -0.2) is 0 Å². The van der Waals surface area contributed by atoms with Gasteiger partial charge in [-0.15, -0.1) is 0 Å². The van der Waals surface area contributed by atoms with Gasteiger partial charge >= 0.3 is 0 Å². The van der Waals surface area contributed by atoms with E-state index in [4.69, 9.17) is 0 Å². The number of hydrogen-bond acceptors (Lipinski definition) is 2. The fourth-order valence-electron chi connectivity index (χ4n) is 7.72. The minimum atomic E-state index is -1.42. The molecule has 3 rings (SSSR count). The van der Waals surface area contributed by atoms with Crippen LogP contribution in [-0.4, -0.2) is 20.8 Å². The molecule has 0 aromatic heterocycles. The molecule has 0 N–H and O–H groups in total. The van der Waals surface area contributed by atoms with E-state index in [-0.39, 0.29) is 42.8 Å². The molecule has 1 saturated heterocycles. The van der Waals surface area contributed by atoms with Gasteiger partial charge in [0.05, 0.1) is 26.2 Å². The Hall–Kier alpha value is -0.320. The standard InChI is InChI=1S/C32H54O2P2/c1-25(2,3)19-20(26(4,5)6)31(19,29(13,14)15)35-23(33)36(24(35)34)32(30(16,17)18)21(27(7,8)9)22(32)28(10,11)12/h1-18H3. The van der Waals surface area contributed by atoms with Gasteiger partial charge < -0.3 is 0 Å². The van der Waals surface area contributed by atoms with Crippen molar-refractivity contribution in [1.82, 2.24) is 0 Å². The van der Waals surface area contributed by atoms with Crippen LogP contribution in [0.15, 0.2) is 22.3 Å². The van der Waals surface area contributed by atoms with Gasteiger partial charge in [0.15, 0.2) is 10.5 Å². The summed E-state index contributed by atoms with van der Waals surface area (Å²) in [4.78, 5) is 29.4. The topological polar surface area (TPSA) is 34.1 Å². The van der Waals surface area contributed by atoms with Crippen molar-refractivity contribution in [3.05, 3.63) is 22.3 Å². The second-order valence-electron chi connectivity index (χ2n) is 17.7. The average Bonchev–Trinajstić information content (AvgIpc) is 3.41. The molecule has 3 aliphatic rings. The van der Waals surface area contributed by atoms with Crippen molar-refractivity contribution in [1.29, 1.82) is 0 Å². The van der Waals surface area contributed by atoms with Crippen molar-refractivity contribution in [3.63, 3.8) is 0 Å². The monoisotopic (exact) mass is 532 g/mol. The first-order chi connectivity index (χ1) is 15.5. The summed E-state index contributed by atoms with van der Waals surface area (Å²) in [6, 6.07) is 0. The molecule has 0 radical (unpaired) electrons. The van der Waals surface area contributed by atoms with E-state index in [1.54, 1.807) is 0 Å². The van der Waals surface area contributed by atoms with E-state index in [1.165, 1.54) is 22.3 Å². The summed E-state index contributed by atoms with van der Waals surface area (Å²) in [5.74, 6) is 0. The van der Waals surface area contributed by atoms with Crippen LogP contribution in [0.4, 0.5) is 9.59 Å². The lowest BCUT2D eigenvalue weighted by Gasteiger charge is -2.53. The van der Waals surface area contributed by atoms with Crippen LogP contribution in [0.2, 0.25) is 0 Å². The first-order valence-electron chi connectivity index (χ1n) is 13.7. The number of allylic oxidation sites excluding steroid dienone is 4. The third-order valence-corrected chi connectivity index (χ3v) is 15.9. The van der Waals surface area contributed by atoms with Crippen molar-refractivity contribution in [3.8, 4) is 0 Å². The highest BCUT2D eigenvalue weighted by atomic mass is 31.2. The van der Waals surface area contributed by atoms with Crippen LogP contribution < -0.4 is 0 Å². The highest BCUT2D eigenvalue weighted by molar-refractivity contribution is 8.35. The molecular weight excluding hydrogens is 478 g/mol. The van der Waals surface area contributed by atoms with Gasteiger partial charge in [-0.3, -0.25) is 9.59 Å². The Bertz CT molecular complexity index is 926. The highest BCUT2D eigenvalue weighted by Gasteiger charge is 2.82. The maximum absolute atomic E-state index is 14.7. The summed E-state index contributed by atoms with van der Waals surface area (Å²) in [5, 5.41) is -0.138. The fraction of sp³-hybridized carbons (Fsp3) is 0.812. The van der Waals surface area contributed by atoms with Crippen molar-refractivity contribution in [2.24, 2.45) is 32.5 Å². The van der Waals surface area contributed by atoms with Crippen molar-refractivity contribution in [2.75, 3.05) is 0 Å². The van der Waals surface area contributed by atoms with Crippen LogP contribution in [0.5, 0.6) is 0 Å². The zero-order valence-electron chi connectivity index (χ0n) is 26.7. The Kier molecular flexibility index (Phi) is 6.43. The fourth-order valence-corrected chi connectivity index (χ4v) is 16.9. The molecule has 0 amide bonds. The number of hydrogen-bond donors (Lipinski definition) is 0. The van der Waals surface area contributed by atoms with E-state index in [1.807, 2.05) is 0 Å². The molecule has 2 nitrogen and oxygen atoms in total. The lowest BCUT2D eigenvalue weighted by atomic mass is 9.77. The molecule has 1 heterocycles. The van der Waals surface area contributed by atoms with Crippen LogP contribution >= 0.6 is 15.8 Å². The molecule has 1 aliphatic heterocycles. The van der Waals surface area contributed by atoms with E-state index < -0.39 is 15.8 Å². The maximum Gasteiger partial charge on any atom is 0.193 e. The molecule has 1 fully saturated rings. The summed E-state index contributed by atoms with van der Waals surface area (Å²) in [7, 11) is -2.84. The number of rotatable bonds is 2. The lowest BCUT2D eigenvalue weighted by molar-refractivity contribution is 0.262. The molecule has 4 heteroatoms. The van der Waals surface area contributed by atoms with E-state index in [2.05, 4.69) is 125 Å². The smallest absolute Gasteiger partial charge is 0.193 e. The van der Waals surface area contributed by atoms with E-state index in [9.17, 15) is 9.59 Å². The average molecular weight is 533 g/mol. The molecule has 0 bridgehead atoms.